The first-order valence-electron chi connectivity index (χ1n) is 8.79. The van der Waals surface area contributed by atoms with E-state index in [1.807, 2.05) is 11.8 Å². The molecule has 0 aliphatic heterocycles. The molecule has 2 rings (SSSR count). The lowest BCUT2D eigenvalue weighted by molar-refractivity contribution is 0.681. The molecule has 5 heteroatoms. The molecular formula is C19H32IN3S. The molecule has 136 valence electrons. The van der Waals surface area contributed by atoms with Crippen LogP contribution >= 0.6 is 35.7 Å². The van der Waals surface area contributed by atoms with E-state index in [4.69, 9.17) is 4.99 Å². The highest BCUT2D eigenvalue weighted by Gasteiger charge is 2.44. The van der Waals surface area contributed by atoms with Crippen LogP contribution in [-0.4, -0.2) is 37.6 Å². The van der Waals surface area contributed by atoms with E-state index in [0.717, 1.165) is 25.6 Å². The summed E-state index contributed by atoms with van der Waals surface area (Å²) in [6, 6.07) is 8.77. The smallest absolute Gasteiger partial charge is 0.191 e. The van der Waals surface area contributed by atoms with Crippen molar-refractivity contribution in [2.24, 2.45) is 4.99 Å². The van der Waals surface area contributed by atoms with Crippen molar-refractivity contribution in [1.29, 1.82) is 0 Å². The largest absolute Gasteiger partial charge is 0.357 e. The van der Waals surface area contributed by atoms with Gasteiger partial charge in [-0.3, -0.25) is 4.99 Å². The van der Waals surface area contributed by atoms with Crippen LogP contribution in [0.15, 0.2) is 29.3 Å². The minimum atomic E-state index is 0. The van der Waals surface area contributed by atoms with Crippen LogP contribution < -0.4 is 10.6 Å². The zero-order chi connectivity index (χ0) is 16.5. The molecule has 0 bridgehead atoms. The fourth-order valence-electron chi connectivity index (χ4n) is 2.98. The molecule has 1 aromatic carbocycles. The summed E-state index contributed by atoms with van der Waals surface area (Å²) in [4.78, 5) is 4.87. The van der Waals surface area contributed by atoms with Crippen LogP contribution in [0.25, 0.3) is 0 Å². The first-order valence-corrected chi connectivity index (χ1v) is 10.2. The van der Waals surface area contributed by atoms with Crippen molar-refractivity contribution in [3.05, 3.63) is 35.4 Å². The summed E-state index contributed by atoms with van der Waals surface area (Å²) in [6.45, 7) is 7.14. The molecule has 2 N–H and O–H groups in total. The van der Waals surface area contributed by atoms with Crippen LogP contribution in [0, 0.1) is 6.92 Å². The zero-order valence-corrected chi connectivity index (χ0v) is 18.4. The standard InChI is InChI=1S/C19H31N3S.HI/c1-4-20-18(21-13-7-8-14-23-3)22-15-19(11-12-19)17-10-6-5-9-16(17)2;/h5-6,9-10H,4,7-8,11-15H2,1-3H3,(H2,20,21,22);1H. The molecule has 0 unspecified atom stereocenters. The molecule has 0 saturated heterocycles. The van der Waals surface area contributed by atoms with E-state index in [1.54, 1.807) is 0 Å². The number of aryl methyl sites for hydroxylation is 1. The second-order valence-electron chi connectivity index (χ2n) is 6.42. The number of hydrogen-bond donors (Lipinski definition) is 2. The monoisotopic (exact) mass is 461 g/mol. The number of nitrogens with zero attached hydrogens (tertiary/aromatic N) is 1. The second kappa shape index (κ2) is 11.2. The highest BCUT2D eigenvalue weighted by molar-refractivity contribution is 14.0. The molecule has 1 fully saturated rings. The Bertz CT molecular complexity index is 515. The molecule has 1 aromatic rings. The average molecular weight is 461 g/mol. The number of guanidine groups is 1. The lowest BCUT2D eigenvalue weighted by atomic mass is 9.92. The van der Waals surface area contributed by atoms with Gasteiger partial charge in [-0.2, -0.15) is 11.8 Å². The van der Waals surface area contributed by atoms with Gasteiger partial charge in [0, 0.05) is 18.5 Å². The highest BCUT2D eigenvalue weighted by atomic mass is 127. The normalized spacial score (nSPS) is 15.5. The molecule has 0 atom stereocenters. The Hall–Kier alpha value is -0.430. The van der Waals surface area contributed by atoms with Crippen molar-refractivity contribution < 1.29 is 0 Å². The highest BCUT2D eigenvalue weighted by Crippen LogP contribution is 2.49. The number of aliphatic imine (C=N–C) groups is 1. The average Bonchev–Trinajstić information content (AvgIpc) is 3.34. The summed E-state index contributed by atoms with van der Waals surface area (Å²) in [5, 5.41) is 6.85. The van der Waals surface area contributed by atoms with Crippen LogP contribution in [0.4, 0.5) is 0 Å². The lowest BCUT2D eigenvalue weighted by Gasteiger charge is -2.17. The molecule has 1 aliphatic rings. The lowest BCUT2D eigenvalue weighted by Crippen LogP contribution is -2.38. The SMILES string of the molecule is CCNC(=NCC1(c2ccccc2C)CC1)NCCCCSC.I. The summed E-state index contributed by atoms with van der Waals surface area (Å²) >= 11 is 1.92. The number of rotatable bonds is 9. The van der Waals surface area contributed by atoms with E-state index in [2.05, 4.69) is 55.0 Å². The summed E-state index contributed by atoms with van der Waals surface area (Å²) in [5.74, 6) is 2.21. The molecule has 24 heavy (non-hydrogen) atoms. The van der Waals surface area contributed by atoms with Gasteiger partial charge >= 0.3 is 0 Å². The number of nitrogens with one attached hydrogen (secondary N) is 2. The van der Waals surface area contributed by atoms with E-state index in [0.29, 0.717) is 0 Å². The Morgan fingerprint density at radius 3 is 2.58 bits per heavy atom. The minimum absolute atomic E-state index is 0. The predicted molar refractivity (Wildman–Crippen MR) is 119 cm³/mol. The van der Waals surface area contributed by atoms with Gasteiger partial charge in [-0.1, -0.05) is 24.3 Å². The third-order valence-corrected chi connectivity index (χ3v) is 5.22. The molecule has 1 saturated carbocycles. The second-order valence-corrected chi connectivity index (χ2v) is 7.40. The van der Waals surface area contributed by atoms with E-state index < -0.39 is 0 Å². The van der Waals surface area contributed by atoms with Crippen LogP contribution in [0.5, 0.6) is 0 Å². The maximum atomic E-state index is 4.87. The summed E-state index contributed by atoms with van der Waals surface area (Å²) in [6.07, 6.45) is 7.15. The maximum absolute atomic E-state index is 4.87. The van der Waals surface area contributed by atoms with Crippen LogP contribution in [0.2, 0.25) is 0 Å². The van der Waals surface area contributed by atoms with Gasteiger partial charge in [0.05, 0.1) is 6.54 Å². The van der Waals surface area contributed by atoms with Gasteiger partial charge in [0.15, 0.2) is 5.96 Å². The third-order valence-electron chi connectivity index (χ3n) is 4.52. The number of thioether (sulfide) groups is 1. The van der Waals surface area contributed by atoms with Crippen molar-refractivity contribution >= 4 is 41.7 Å². The van der Waals surface area contributed by atoms with E-state index in [9.17, 15) is 0 Å². The molecule has 0 radical (unpaired) electrons. The van der Waals surface area contributed by atoms with Crippen LogP contribution in [0.3, 0.4) is 0 Å². The summed E-state index contributed by atoms with van der Waals surface area (Å²) < 4.78 is 0. The third kappa shape index (κ3) is 6.47. The minimum Gasteiger partial charge on any atom is -0.357 e. The van der Waals surface area contributed by atoms with Crippen molar-refractivity contribution in [2.75, 3.05) is 31.6 Å². The number of unbranched alkanes of at least 4 members (excludes halogenated alkanes) is 1. The summed E-state index contributed by atoms with van der Waals surface area (Å²) in [7, 11) is 0. The maximum Gasteiger partial charge on any atom is 0.191 e. The Morgan fingerprint density at radius 2 is 1.96 bits per heavy atom. The molecule has 3 nitrogen and oxygen atoms in total. The fraction of sp³-hybridized carbons (Fsp3) is 0.632. The molecule has 0 heterocycles. The van der Waals surface area contributed by atoms with Gasteiger partial charge in [-0.25, -0.2) is 0 Å². The van der Waals surface area contributed by atoms with E-state index in [1.165, 1.54) is 42.6 Å². The fourth-order valence-corrected chi connectivity index (χ4v) is 3.47. The molecular weight excluding hydrogens is 429 g/mol. The number of halogens is 1. The number of hydrogen-bond acceptors (Lipinski definition) is 2. The predicted octanol–water partition coefficient (Wildman–Crippen LogP) is 4.34. The Balaban J connectivity index is 0.00000288. The zero-order valence-electron chi connectivity index (χ0n) is 15.2. The quantitative estimate of drug-likeness (QED) is 0.249. The van der Waals surface area contributed by atoms with Gasteiger partial charge in [-0.15, -0.1) is 24.0 Å². The van der Waals surface area contributed by atoms with Gasteiger partial charge in [0.25, 0.3) is 0 Å². The van der Waals surface area contributed by atoms with E-state index in [-0.39, 0.29) is 29.4 Å². The molecule has 0 amide bonds. The van der Waals surface area contributed by atoms with Gasteiger partial charge in [-0.05, 0) is 62.7 Å². The first-order chi connectivity index (χ1) is 11.2. The van der Waals surface area contributed by atoms with Gasteiger partial charge in [0.2, 0.25) is 0 Å². The Labute approximate surface area is 168 Å². The molecule has 0 spiro atoms. The number of benzene rings is 1. The van der Waals surface area contributed by atoms with Crippen LogP contribution in [0.1, 0.15) is 43.7 Å². The van der Waals surface area contributed by atoms with Crippen LogP contribution in [-0.2, 0) is 5.41 Å². The first kappa shape index (κ1) is 21.6. The topological polar surface area (TPSA) is 36.4 Å². The molecule has 0 aromatic heterocycles. The van der Waals surface area contributed by atoms with Gasteiger partial charge < -0.3 is 10.6 Å². The van der Waals surface area contributed by atoms with E-state index >= 15 is 0 Å². The van der Waals surface area contributed by atoms with Crippen molar-refractivity contribution in [2.45, 2.75) is 44.9 Å². The van der Waals surface area contributed by atoms with Crippen molar-refractivity contribution in [3.63, 3.8) is 0 Å². The van der Waals surface area contributed by atoms with Crippen molar-refractivity contribution in [1.82, 2.24) is 10.6 Å². The van der Waals surface area contributed by atoms with Crippen molar-refractivity contribution in [3.8, 4) is 0 Å². The van der Waals surface area contributed by atoms with Gasteiger partial charge in [0.1, 0.15) is 0 Å². The Kier molecular flexibility index (Phi) is 10.1. The Morgan fingerprint density at radius 1 is 1.21 bits per heavy atom. The molecule has 1 aliphatic carbocycles. The summed E-state index contributed by atoms with van der Waals surface area (Å²) in [5.41, 5.74) is 3.17.